The van der Waals surface area contributed by atoms with Gasteiger partial charge in [0, 0.05) is 25.6 Å². The minimum atomic E-state index is -4.69. The molecule has 1 aliphatic rings. The average Bonchev–Trinajstić information content (AvgIpc) is 2.38. The van der Waals surface area contributed by atoms with Crippen LogP contribution in [0.5, 0.6) is 0 Å². The average molecular weight is 324 g/mol. The summed E-state index contributed by atoms with van der Waals surface area (Å²) in [5.74, 6) is 0. The summed E-state index contributed by atoms with van der Waals surface area (Å²) < 4.78 is 71.1. The Morgan fingerprint density at radius 2 is 1.90 bits per heavy atom. The van der Waals surface area contributed by atoms with Crippen LogP contribution in [-0.4, -0.2) is 38.3 Å². The summed E-state index contributed by atoms with van der Waals surface area (Å²) >= 11 is 0. The molecule has 2 heterocycles. The van der Waals surface area contributed by atoms with Gasteiger partial charge in [-0.1, -0.05) is 0 Å². The molecule has 0 radical (unpaired) electrons. The van der Waals surface area contributed by atoms with Crippen LogP contribution in [0.15, 0.2) is 23.4 Å². The maximum Gasteiger partial charge on any atom is 0.407 e. The highest BCUT2D eigenvalue weighted by Gasteiger charge is 2.57. The summed E-state index contributed by atoms with van der Waals surface area (Å²) in [5.41, 5.74) is -1.95. The fourth-order valence-electron chi connectivity index (χ4n) is 2.15. The number of aromatic nitrogens is 1. The maximum atomic E-state index is 13.3. The van der Waals surface area contributed by atoms with Crippen molar-refractivity contribution in [1.82, 2.24) is 9.71 Å². The van der Waals surface area contributed by atoms with Crippen LogP contribution in [0.1, 0.15) is 18.4 Å². The molecule has 0 bridgehead atoms. The van der Waals surface area contributed by atoms with Gasteiger partial charge in [0.05, 0.1) is 0 Å². The Bertz CT molecular complexity index is 610. The second-order valence-electron chi connectivity index (χ2n) is 5.00. The van der Waals surface area contributed by atoms with Crippen LogP contribution in [0.4, 0.5) is 13.2 Å². The van der Waals surface area contributed by atoms with Crippen LogP contribution in [-0.2, 0) is 14.8 Å². The Morgan fingerprint density at radius 3 is 2.43 bits per heavy atom. The van der Waals surface area contributed by atoms with Crippen molar-refractivity contribution in [2.24, 2.45) is 0 Å². The predicted octanol–water partition coefficient (Wildman–Crippen LogP) is 1.78. The third-order valence-electron chi connectivity index (χ3n) is 3.38. The van der Waals surface area contributed by atoms with E-state index in [9.17, 15) is 21.6 Å². The van der Waals surface area contributed by atoms with E-state index in [1.165, 1.54) is 12.3 Å². The lowest BCUT2D eigenvalue weighted by Crippen LogP contribution is -2.61. The Morgan fingerprint density at radius 1 is 1.29 bits per heavy atom. The number of hydrogen-bond acceptors (Lipinski definition) is 4. The van der Waals surface area contributed by atoms with Crippen molar-refractivity contribution in [3.63, 3.8) is 0 Å². The zero-order valence-electron chi connectivity index (χ0n) is 11.3. The van der Waals surface area contributed by atoms with Crippen molar-refractivity contribution in [2.75, 3.05) is 13.2 Å². The first-order chi connectivity index (χ1) is 9.66. The summed E-state index contributed by atoms with van der Waals surface area (Å²) in [6.45, 7) is 1.32. The van der Waals surface area contributed by atoms with Crippen molar-refractivity contribution in [3.05, 3.63) is 24.0 Å². The van der Waals surface area contributed by atoms with Crippen molar-refractivity contribution >= 4 is 10.0 Å². The van der Waals surface area contributed by atoms with E-state index >= 15 is 0 Å². The summed E-state index contributed by atoms with van der Waals surface area (Å²) in [4.78, 5) is 3.42. The smallest absolute Gasteiger partial charge is 0.381 e. The Labute approximate surface area is 120 Å². The largest absolute Gasteiger partial charge is 0.407 e. The molecule has 5 nitrogen and oxygen atoms in total. The van der Waals surface area contributed by atoms with E-state index in [2.05, 4.69) is 4.98 Å². The van der Waals surface area contributed by atoms with Crippen LogP contribution in [0.25, 0.3) is 0 Å². The molecule has 0 aromatic carbocycles. The van der Waals surface area contributed by atoms with Gasteiger partial charge >= 0.3 is 6.18 Å². The molecule has 1 aromatic rings. The number of sulfonamides is 1. The first-order valence-electron chi connectivity index (χ1n) is 6.26. The molecule has 0 spiro atoms. The van der Waals surface area contributed by atoms with Crippen molar-refractivity contribution in [3.8, 4) is 0 Å². The van der Waals surface area contributed by atoms with Crippen LogP contribution in [0.2, 0.25) is 0 Å². The molecular formula is C12H15F3N2O3S. The van der Waals surface area contributed by atoms with Gasteiger partial charge in [-0.15, -0.1) is 0 Å². The first-order valence-corrected chi connectivity index (χ1v) is 7.75. The molecule has 1 fully saturated rings. The van der Waals surface area contributed by atoms with Crippen LogP contribution in [0, 0.1) is 6.92 Å². The SMILES string of the molecule is Cc1cncc(S(=O)(=O)NC2(C(F)(F)F)CCOCC2)c1. The minimum absolute atomic E-state index is 0.145. The molecule has 9 heteroatoms. The number of nitrogens with zero attached hydrogens (tertiary/aromatic N) is 1. The van der Waals surface area contributed by atoms with Gasteiger partial charge in [0.15, 0.2) is 0 Å². The molecule has 1 N–H and O–H groups in total. The summed E-state index contributed by atoms with van der Waals surface area (Å²) in [7, 11) is -4.31. The van der Waals surface area contributed by atoms with Gasteiger partial charge in [-0.2, -0.15) is 17.9 Å². The fourth-order valence-corrected chi connectivity index (χ4v) is 3.65. The molecule has 1 aliphatic heterocycles. The van der Waals surface area contributed by atoms with E-state index in [0.717, 1.165) is 6.20 Å². The molecular weight excluding hydrogens is 309 g/mol. The minimum Gasteiger partial charge on any atom is -0.381 e. The van der Waals surface area contributed by atoms with E-state index in [0.29, 0.717) is 5.56 Å². The van der Waals surface area contributed by atoms with Gasteiger partial charge in [-0.3, -0.25) is 4.98 Å². The lowest BCUT2D eigenvalue weighted by molar-refractivity contribution is -0.210. The van der Waals surface area contributed by atoms with E-state index in [1.807, 2.05) is 4.72 Å². The van der Waals surface area contributed by atoms with Crippen LogP contribution in [0.3, 0.4) is 0 Å². The Hall–Kier alpha value is -1.19. The molecule has 0 unspecified atom stereocenters. The van der Waals surface area contributed by atoms with Gasteiger partial charge in [-0.05, 0) is 31.4 Å². The second-order valence-corrected chi connectivity index (χ2v) is 6.68. The van der Waals surface area contributed by atoms with Gasteiger partial charge < -0.3 is 4.74 Å². The molecule has 21 heavy (non-hydrogen) atoms. The molecule has 0 aliphatic carbocycles. The molecule has 1 aromatic heterocycles. The van der Waals surface area contributed by atoms with Crippen LogP contribution >= 0.6 is 0 Å². The lowest BCUT2D eigenvalue weighted by atomic mass is 9.91. The number of halogens is 3. The normalized spacial score (nSPS) is 19.4. The van der Waals surface area contributed by atoms with Crippen molar-refractivity contribution in [2.45, 2.75) is 36.4 Å². The molecule has 0 atom stereocenters. The number of hydrogen-bond donors (Lipinski definition) is 1. The Balaban J connectivity index is 2.36. The summed E-state index contributed by atoms with van der Waals surface area (Å²) in [5, 5.41) is 0. The summed E-state index contributed by atoms with van der Waals surface area (Å²) in [6.07, 6.45) is -3.14. The third kappa shape index (κ3) is 3.35. The maximum absolute atomic E-state index is 13.3. The standard InChI is InChI=1S/C12H15F3N2O3S/c1-9-6-10(8-16-7-9)21(18,19)17-11(12(13,14)15)2-4-20-5-3-11/h6-8,17H,2-5H2,1H3. The molecule has 1 saturated heterocycles. The zero-order chi connectivity index (χ0) is 15.7. The Kier molecular flexibility index (Phi) is 4.27. The molecule has 2 rings (SSSR count). The fraction of sp³-hybridized carbons (Fsp3) is 0.583. The quantitative estimate of drug-likeness (QED) is 0.920. The molecule has 0 amide bonds. The number of rotatable bonds is 3. The predicted molar refractivity (Wildman–Crippen MR) is 68.1 cm³/mol. The van der Waals surface area contributed by atoms with Gasteiger partial charge in [0.1, 0.15) is 10.4 Å². The monoisotopic (exact) mass is 324 g/mol. The second kappa shape index (κ2) is 5.54. The van der Waals surface area contributed by atoms with Gasteiger partial charge in [-0.25, -0.2) is 8.42 Å². The topological polar surface area (TPSA) is 68.3 Å². The first kappa shape index (κ1) is 16.2. The number of aryl methyl sites for hydroxylation is 1. The number of ether oxygens (including phenoxy) is 1. The molecule has 118 valence electrons. The lowest BCUT2D eigenvalue weighted by Gasteiger charge is -2.38. The van der Waals surface area contributed by atoms with Gasteiger partial charge in [0.2, 0.25) is 10.0 Å². The highest BCUT2D eigenvalue weighted by molar-refractivity contribution is 7.89. The number of alkyl halides is 3. The van der Waals surface area contributed by atoms with E-state index in [4.69, 9.17) is 4.74 Å². The van der Waals surface area contributed by atoms with Gasteiger partial charge in [0.25, 0.3) is 0 Å². The molecule has 0 saturated carbocycles. The highest BCUT2D eigenvalue weighted by Crippen LogP contribution is 2.39. The zero-order valence-corrected chi connectivity index (χ0v) is 12.1. The van der Waals surface area contributed by atoms with Crippen molar-refractivity contribution in [1.29, 1.82) is 0 Å². The van der Waals surface area contributed by atoms with E-state index < -0.39 is 34.6 Å². The number of pyridine rings is 1. The van der Waals surface area contributed by atoms with E-state index in [-0.39, 0.29) is 18.1 Å². The highest BCUT2D eigenvalue weighted by atomic mass is 32.2. The summed E-state index contributed by atoms with van der Waals surface area (Å²) in [6, 6.07) is 1.28. The van der Waals surface area contributed by atoms with Crippen LogP contribution < -0.4 is 4.72 Å². The number of nitrogens with one attached hydrogen (secondary N) is 1. The third-order valence-corrected chi connectivity index (χ3v) is 4.88. The van der Waals surface area contributed by atoms with Crippen molar-refractivity contribution < 1.29 is 26.3 Å². The van der Waals surface area contributed by atoms with E-state index in [1.54, 1.807) is 6.92 Å².